The van der Waals surface area contributed by atoms with E-state index in [1.807, 2.05) is 19.9 Å². The molecule has 0 atom stereocenters. The van der Waals surface area contributed by atoms with Gasteiger partial charge in [-0.05, 0) is 31.0 Å². The van der Waals surface area contributed by atoms with E-state index in [2.05, 4.69) is 27.8 Å². The number of rotatable bonds is 5. The van der Waals surface area contributed by atoms with Gasteiger partial charge in [0.15, 0.2) is 5.13 Å². The molecule has 0 saturated heterocycles. The highest BCUT2D eigenvalue weighted by molar-refractivity contribution is 7.22. The zero-order valence-corrected chi connectivity index (χ0v) is 11.4. The van der Waals surface area contributed by atoms with Crippen molar-refractivity contribution in [3.63, 3.8) is 0 Å². The summed E-state index contributed by atoms with van der Waals surface area (Å²) in [4.78, 5) is 15.9. The normalized spacial score (nSPS) is 10.6. The van der Waals surface area contributed by atoms with Crippen LogP contribution in [0.1, 0.15) is 18.9 Å². The molecule has 1 heterocycles. The Morgan fingerprint density at radius 3 is 3.06 bits per heavy atom. The lowest BCUT2D eigenvalue weighted by atomic mass is 10.2. The van der Waals surface area contributed by atoms with Gasteiger partial charge in [-0.1, -0.05) is 24.3 Å². The third kappa shape index (κ3) is 3.20. The molecule has 0 aliphatic rings. The Bertz CT molecular complexity index is 550. The predicted octanol–water partition coefficient (Wildman–Crippen LogP) is 2.54. The number of fused-ring (bicyclic) bond motifs is 1. The van der Waals surface area contributed by atoms with Crippen molar-refractivity contribution in [1.29, 1.82) is 0 Å². The molecule has 0 aliphatic carbocycles. The van der Waals surface area contributed by atoms with Crippen LogP contribution >= 0.6 is 11.3 Å². The van der Waals surface area contributed by atoms with Crippen molar-refractivity contribution in [3.05, 3.63) is 23.8 Å². The lowest BCUT2D eigenvalue weighted by molar-refractivity contribution is -0.119. The van der Waals surface area contributed by atoms with Crippen molar-refractivity contribution < 1.29 is 4.79 Å². The lowest BCUT2D eigenvalue weighted by Gasteiger charge is -2.03. The molecule has 96 valence electrons. The molecule has 0 bridgehead atoms. The molecule has 1 aromatic carbocycles. The number of carbonyl (C=O) groups excluding carboxylic acids is 1. The van der Waals surface area contributed by atoms with Crippen molar-refractivity contribution >= 4 is 32.6 Å². The van der Waals surface area contributed by atoms with E-state index in [1.54, 1.807) is 11.3 Å². The molecule has 0 spiro atoms. The van der Waals surface area contributed by atoms with Gasteiger partial charge in [0.2, 0.25) is 5.91 Å². The van der Waals surface area contributed by atoms with Crippen LogP contribution in [0, 0.1) is 6.92 Å². The van der Waals surface area contributed by atoms with E-state index in [-0.39, 0.29) is 12.5 Å². The molecule has 2 rings (SSSR count). The SMILES string of the molecule is CCCNC(=O)CNc1nc2cc(C)ccc2s1. The molecule has 0 unspecified atom stereocenters. The fourth-order valence-electron chi connectivity index (χ4n) is 1.60. The third-order valence-electron chi connectivity index (χ3n) is 2.52. The molecule has 2 aromatic rings. The summed E-state index contributed by atoms with van der Waals surface area (Å²) in [7, 11) is 0. The molecule has 0 aliphatic heterocycles. The Kier molecular flexibility index (Phi) is 4.15. The molecule has 5 heteroatoms. The zero-order valence-electron chi connectivity index (χ0n) is 10.6. The van der Waals surface area contributed by atoms with E-state index in [4.69, 9.17) is 0 Å². The van der Waals surface area contributed by atoms with Gasteiger partial charge in [0.05, 0.1) is 16.8 Å². The lowest BCUT2D eigenvalue weighted by Crippen LogP contribution is -2.30. The summed E-state index contributed by atoms with van der Waals surface area (Å²) >= 11 is 1.57. The van der Waals surface area contributed by atoms with E-state index in [0.717, 1.165) is 28.3 Å². The van der Waals surface area contributed by atoms with Crippen LogP contribution in [0.3, 0.4) is 0 Å². The monoisotopic (exact) mass is 263 g/mol. The van der Waals surface area contributed by atoms with Gasteiger partial charge in [-0.3, -0.25) is 4.79 Å². The zero-order chi connectivity index (χ0) is 13.0. The van der Waals surface area contributed by atoms with Gasteiger partial charge >= 0.3 is 0 Å². The van der Waals surface area contributed by atoms with Crippen LogP contribution < -0.4 is 10.6 Å². The summed E-state index contributed by atoms with van der Waals surface area (Å²) in [6.07, 6.45) is 0.951. The summed E-state index contributed by atoms with van der Waals surface area (Å²) in [6, 6.07) is 6.18. The second kappa shape index (κ2) is 5.82. The van der Waals surface area contributed by atoms with E-state index in [9.17, 15) is 4.79 Å². The molecule has 18 heavy (non-hydrogen) atoms. The number of thiazole rings is 1. The summed E-state index contributed by atoms with van der Waals surface area (Å²) in [5, 5.41) is 6.67. The largest absolute Gasteiger partial charge is 0.355 e. The summed E-state index contributed by atoms with van der Waals surface area (Å²) < 4.78 is 1.14. The van der Waals surface area contributed by atoms with Crippen LogP contribution in [0.2, 0.25) is 0 Å². The van der Waals surface area contributed by atoms with Gasteiger partial charge in [0.1, 0.15) is 0 Å². The topological polar surface area (TPSA) is 54.0 Å². The van der Waals surface area contributed by atoms with Crippen LogP contribution in [0.4, 0.5) is 5.13 Å². The van der Waals surface area contributed by atoms with Crippen molar-refractivity contribution in [3.8, 4) is 0 Å². The molecule has 1 aromatic heterocycles. The maximum atomic E-state index is 11.4. The molecular formula is C13H17N3OS. The number of amides is 1. The number of aromatic nitrogens is 1. The number of nitrogens with zero attached hydrogens (tertiary/aromatic N) is 1. The van der Waals surface area contributed by atoms with Crippen molar-refractivity contribution in [2.24, 2.45) is 0 Å². The number of aryl methyl sites for hydroxylation is 1. The maximum Gasteiger partial charge on any atom is 0.239 e. The Morgan fingerprint density at radius 2 is 2.28 bits per heavy atom. The first-order chi connectivity index (χ1) is 8.69. The van der Waals surface area contributed by atoms with Gasteiger partial charge in [-0.15, -0.1) is 0 Å². The van der Waals surface area contributed by atoms with Crippen LogP contribution in [0.25, 0.3) is 10.2 Å². The Balaban J connectivity index is 1.97. The number of hydrogen-bond acceptors (Lipinski definition) is 4. The quantitative estimate of drug-likeness (QED) is 0.871. The first kappa shape index (κ1) is 12.8. The molecule has 0 fully saturated rings. The first-order valence-electron chi connectivity index (χ1n) is 6.07. The highest BCUT2D eigenvalue weighted by Crippen LogP contribution is 2.26. The number of nitrogens with one attached hydrogen (secondary N) is 2. The highest BCUT2D eigenvalue weighted by Gasteiger charge is 2.05. The predicted molar refractivity (Wildman–Crippen MR) is 76.1 cm³/mol. The van der Waals surface area contributed by atoms with Crippen molar-refractivity contribution in [2.75, 3.05) is 18.4 Å². The number of benzene rings is 1. The first-order valence-corrected chi connectivity index (χ1v) is 6.88. The molecule has 0 saturated carbocycles. The molecular weight excluding hydrogens is 246 g/mol. The third-order valence-corrected chi connectivity index (χ3v) is 3.51. The van der Waals surface area contributed by atoms with Crippen LogP contribution in [0.15, 0.2) is 18.2 Å². The highest BCUT2D eigenvalue weighted by atomic mass is 32.1. The average Bonchev–Trinajstić information content (AvgIpc) is 2.75. The Hall–Kier alpha value is -1.62. The average molecular weight is 263 g/mol. The minimum Gasteiger partial charge on any atom is -0.355 e. The fraction of sp³-hybridized carbons (Fsp3) is 0.385. The minimum absolute atomic E-state index is 0.00675. The van der Waals surface area contributed by atoms with Crippen molar-refractivity contribution in [1.82, 2.24) is 10.3 Å². The smallest absolute Gasteiger partial charge is 0.239 e. The van der Waals surface area contributed by atoms with Crippen LogP contribution in [-0.4, -0.2) is 24.0 Å². The van der Waals surface area contributed by atoms with E-state index < -0.39 is 0 Å². The second-order valence-electron chi connectivity index (χ2n) is 4.19. The molecule has 2 N–H and O–H groups in total. The summed E-state index contributed by atoms with van der Waals surface area (Å²) in [5.74, 6) is 0.00675. The van der Waals surface area contributed by atoms with Gasteiger partial charge in [-0.25, -0.2) is 4.98 Å². The Morgan fingerprint density at radius 1 is 1.44 bits per heavy atom. The van der Waals surface area contributed by atoms with Crippen LogP contribution in [-0.2, 0) is 4.79 Å². The fourth-order valence-corrected chi connectivity index (χ4v) is 2.44. The Labute approximate surface area is 110 Å². The standard InChI is InChI=1S/C13H17N3OS/c1-3-6-14-12(17)8-15-13-16-10-7-9(2)4-5-11(10)18-13/h4-5,7H,3,6,8H2,1-2H3,(H,14,17)(H,15,16). The number of carbonyl (C=O) groups is 1. The maximum absolute atomic E-state index is 11.4. The van der Waals surface area contributed by atoms with Gasteiger partial charge in [0.25, 0.3) is 0 Å². The number of anilines is 1. The second-order valence-corrected chi connectivity index (χ2v) is 5.22. The summed E-state index contributed by atoms with van der Waals surface area (Å²) in [5.41, 5.74) is 2.18. The molecule has 0 radical (unpaired) electrons. The van der Waals surface area contributed by atoms with E-state index >= 15 is 0 Å². The van der Waals surface area contributed by atoms with Gasteiger partial charge in [0, 0.05) is 6.54 Å². The molecule has 1 amide bonds. The van der Waals surface area contributed by atoms with Crippen molar-refractivity contribution in [2.45, 2.75) is 20.3 Å². The van der Waals surface area contributed by atoms with Crippen LogP contribution in [0.5, 0.6) is 0 Å². The van der Waals surface area contributed by atoms with Gasteiger partial charge in [-0.2, -0.15) is 0 Å². The molecule has 4 nitrogen and oxygen atoms in total. The van der Waals surface area contributed by atoms with E-state index in [0.29, 0.717) is 0 Å². The summed E-state index contributed by atoms with van der Waals surface area (Å²) in [6.45, 7) is 5.08. The minimum atomic E-state index is 0.00675. The van der Waals surface area contributed by atoms with Gasteiger partial charge < -0.3 is 10.6 Å². The number of hydrogen-bond donors (Lipinski definition) is 2. The van der Waals surface area contributed by atoms with E-state index in [1.165, 1.54) is 5.56 Å².